The van der Waals surface area contributed by atoms with E-state index in [-0.39, 0.29) is 6.61 Å². The average Bonchev–Trinajstić information content (AvgIpc) is 2.20. The number of nitrogens with two attached hydrogens (primary N) is 1. The third-order valence-electron chi connectivity index (χ3n) is 1.83. The van der Waals surface area contributed by atoms with Crippen LogP contribution in [0.2, 0.25) is 0 Å². The highest BCUT2D eigenvalue weighted by Gasteiger charge is 1.99. The smallest absolute Gasteiger partial charge is 0.149 e. The van der Waals surface area contributed by atoms with Gasteiger partial charge in [0.25, 0.3) is 0 Å². The first-order chi connectivity index (χ1) is 7.24. The molecular formula is C10H17N3O2. The fourth-order valence-corrected chi connectivity index (χ4v) is 1.15. The predicted molar refractivity (Wildman–Crippen MR) is 59.8 cm³/mol. The largest absolute Gasteiger partial charge is 0.396 e. The van der Waals surface area contributed by atoms with Gasteiger partial charge in [0, 0.05) is 12.7 Å². The summed E-state index contributed by atoms with van der Waals surface area (Å²) in [4.78, 5) is 4.15. The zero-order valence-electron chi connectivity index (χ0n) is 8.86. The first-order valence-electron chi connectivity index (χ1n) is 4.88. The zero-order chi connectivity index (χ0) is 11.1. The standard InChI is InChI=1S/C10H17N3O2/c1-8-6-9(11)10(13-7-8)12-2-4-15-5-3-14/h6-7,14H,2-5,11H2,1H3,(H,12,13). The highest BCUT2D eigenvalue weighted by Crippen LogP contribution is 2.14. The van der Waals surface area contributed by atoms with Crippen LogP contribution in [0.3, 0.4) is 0 Å². The Morgan fingerprint density at radius 3 is 3.00 bits per heavy atom. The van der Waals surface area contributed by atoms with Crippen molar-refractivity contribution in [3.63, 3.8) is 0 Å². The maximum absolute atomic E-state index is 8.48. The summed E-state index contributed by atoms with van der Waals surface area (Å²) >= 11 is 0. The molecule has 0 saturated carbocycles. The second-order valence-electron chi connectivity index (χ2n) is 3.21. The number of hydrogen-bond donors (Lipinski definition) is 3. The lowest BCUT2D eigenvalue weighted by molar-refractivity contribution is 0.0992. The molecule has 5 nitrogen and oxygen atoms in total. The van der Waals surface area contributed by atoms with Crippen LogP contribution in [0, 0.1) is 6.92 Å². The van der Waals surface area contributed by atoms with E-state index in [0.717, 1.165) is 5.56 Å². The highest BCUT2D eigenvalue weighted by atomic mass is 16.5. The molecule has 5 heteroatoms. The lowest BCUT2D eigenvalue weighted by Crippen LogP contribution is -2.13. The van der Waals surface area contributed by atoms with Crippen molar-refractivity contribution in [3.8, 4) is 0 Å². The van der Waals surface area contributed by atoms with Gasteiger partial charge in [0.05, 0.1) is 25.5 Å². The van der Waals surface area contributed by atoms with Crippen LogP contribution in [-0.2, 0) is 4.74 Å². The van der Waals surface area contributed by atoms with Gasteiger partial charge >= 0.3 is 0 Å². The molecule has 0 fully saturated rings. The Labute approximate surface area is 89.3 Å². The van der Waals surface area contributed by atoms with Crippen molar-refractivity contribution in [2.24, 2.45) is 0 Å². The van der Waals surface area contributed by atoms with Gasteiger partial charge in [-0.05, 0) is 18.6 Å². The van der Waals surface area contributed by atoms with Gasteiger partial charge in [0.2, 0.25) is 0 Å². The molecule has 0 saturated heterocycles. The molecule has 0 aliphatic heterocycles. The van der Waals surface area contributed by atoms with Gasteiger partial charge in [0.15, 0.2) is 0 Å². The number of pyridine rings is 1. The van der Waals surface area contributed by atoms with Crippen molar-refractivity contribution >= 4 is 11.5 Å². The van der Waals surface area contributed by atoms with Gasteiger partial charge in [-0.25, -0.2) is 4.98 Å². The summed E-state index contributed by atoms with van der Waals surface area (Å²) in [7, 11) is 0. The molecule has 0 spiro atoms. The maximum Gasteiger partial charge on any atom is 0.149 e. The number of nitrogens with one attached hydrogen (secondary N) is 1. The van der Waals surface area contributed by atoms with Crippen LogP contribution in [0.25, 0.3) is 0 Å². The number of aryl methyl sites for hydroxylation is 1. The fraction of sp³-hybridized carbons (Fsp3) is 0.500. The number of aromatic nitrogens is 1. The average molecular weight is 211 g/mol. The normalized spacial score (nSPS) is 10.3. The lowest BCUT2D eigenvalue weighted by Gasteiger charge is -2.08. The van der Waals surface area contributed by atoms with Crippen molar-refractivity contribution in [1.82, 2.24) is 4.98 Å². The molecule has 0 amide bonds. The van der Waals surface area contributed by atoms with E-state index in [2.05, 4.69) is 10.3 Å². The number of anilines is 2. The molecule has 1 aromatic heterocycles. The Hall–Kier alpha value is -1.33. The number of aliphatic hydroxyl groups excluding tert-OH is 1. The molecule has 0 radical (unpaired) electrons. The van der Waals surface area contributed by atoms with E-state index in [1.54, 1.807) is 6.20 Å². The van der Waals surface area contributed by atoms with Crippen molar-refractivity contribution in [2.75, 3.05) is 37.4 Å². The highest BCUT2D eigenvalue weighted by molar-refractivity contribution is 5.61. The molecular weight excluding hydrogens is 194 g/mol. The predicted octanol–water partition coefficient (Wildman–Crippen LogP) is 0.393. The van der Waals surface area contributed by atoms with Gasteiger partial charge in [-0.1, -0.05) is 0 Å². The van der Waals surface area contributed by atoms with Crippen molar-refractivity contribution in [2.45, 2.75) is 6.92 Å². The van der Waals surface area contributed by atoms with Crippen LogP contribution in [0.4, 0.5) is 11.5 Å². The number of nitrogen functional groups attached to an aromatic ring is 1. The minimum Gasteiger partial charge on any atom is -0.396 e. The Morgan fingerprint density at radius 1 is 1.53 bits per heavy atom. The topological polar surface area (TPSA) is 80.4 Å². The Balaban J connectivity index is 2.31. The molecule has 0 aliphatic carbocycles. The molecule has 4 N–H and O–H groups in total. The fourth-order valence-electron chi connectivity index (χ4n) is 1.15. The Kier molecular flexibility index (Phi) is 4.86. The van der Waals surface area contributed by atoms with E-state index >= 15 is 0 Å². The monoisotopic (exact) mass is 211 g/mol. The van der Waals surface area contributed by atoms with Crippen LogP contribution < -0.4 is 11.1 Å². The number of nitrogens with zero attached hydrogens (tertiary/aromatic N) is 1. The van der Waals surface area contributed by atoms with Gasteiger partial charge in [-0.2, -0.15) is 0 Å². The van der Waals surface area contributed by atoms with Crippen LogP contribution in [-0.4, -0.2) is 36.5 Å². The third kappa shape index (κ3) is 4.14. The summed E-state index contributed by atoms with van der Waals surface area (Å²) in [6, 6.07) is 1.86. The Bertz CT molecular complexity index is 305. The number of rotatable bonds is 6. The Morgan fingerprint density at radius 2 is 2.33 bits per heavy atom. The molecule has 1 aromatic rings. The van der Waals surface area contributed by atoms with Crippen molar-refractivity contribution < 1.29 is 9.84 Å². The number of hydrogen-bond acceptors (Lipinski definition) is 5. The van der Waals surface area contributed by atoms with Crippen LogP contribution in [0.5, 0.6) is 0 Å². The molecule has 0 atom stereocenters. The van der Waals surface area contributed by atoms with E-state index < -0.39 is 0 Å². The molecule has 0 aromatic carbocycles. The first kappa shape index (κ1) is 11.7. The molecule has 1 rings (SSSR count). The summed E-state index contributed by atoms with van der Waals surface area (Å²) in [5.74, 6) is 0.674. The SMILES string of the molecule is Cc1cnc(NCCOCCO)c(N)c1. The third-order valence-corrected chi connectivity index (χ3v) is 1.83. The van der Waals surface area contributed by atoms with Crippen molar-refractivity contribution in [1.29, 1.82) is 0 Å². The summed E-state index contributed by atoms with van der Waals surface area (Å²) in [5, 5.41) is 11.5. The quantitative estimate of drug-likeness (QED) is 0.593. The van der Waals surface area contributed by atoms with Gasteiger partial charge < -0.3 is 20.9 Å². The second kappa shape index (κ2) is 6.21. The minimum atomic E-state index is 0.0465. The molecule has 0 bridgehead atoms. The number of aliphatic hydroxyl groups is 1. The van der Waals surface area contributed by atoms with Crippen LogP contribution in [0.1, 0.15) is 5.56 Å². The van der Waals surface area contributed by atoms with Gasteiger partial charge in [-0.3, -0.25) is 0 Å². The van der Waals surface area contributed by atoms with E-state index in [9.17, 15) is 0 Å². The van der Waals surface area contributed by atoms with E-state index in [0.29, 0.717) is 31.3 Å². The molecule has 1 heterocycles. The van der Waals surface area contributed by atoms with Gasteiger partial charge in [-0.15, -0.1) is 0 Å². The van der Waals surface area contributed by atoms with Crippen LogP contribution >= 0.6 is 0 Å². The summed E-state index contributed by atoms with van der Waals surface area (Å²) in [5.41, 5.74) is 7.43. The molecule has 0 unspecified atom stereocenters. The van der Waals surface area contributed by atoms with E-state index in [1.807, 2.05) is 13.0 Å². The minimum absolute atomic E-state index is 0.0465. The first-order valence-corrected chi connectivity index (χ1v) is 4.88. The van der Waals surface area contributed by atoms with Crippen molar-refractivity contribution in [3.05, 3.63) is 17.8 Å². The molecule has 0 aliphatic rings. The van der Waals surface area contributed by atoms with Gasteiger partial charge in [0.1, 0.15) is 5.82 Å². The lowest BCUT2D eigenvalue weighted by atomic mass is 10.3. The second-order valence-corrected chi connectivity index (χ2v) is 3.21. The molecule has 84 valence electrons. The summed E-state index contributed by atoms with van der Waals surface area (Å²) in [6.45, 7) is 3.50. The zero-order valence-corrected chi connectivity index (χ0v) is 8.86. The summed E-state index contributed by atoms with van der Waals surface area (Å²) < 4.78 is 5.09. The summed E-state index contributed by atoms with van der Waals surface area (Å²) in [6.07, 6.45) is 1.76. The molecule has 15 heavy (non-hydrogen) atoms. The van der Waals surface area contributed by atoms with E-state index in [4.69, 9.17) is 15.6 Å². The maximum atomic E-state index is 8.48. The van der Waals surface area contributed by atoms with Crippen LogP contribution in [0.15, 0.2) is 12.3 Å². The number of ether oxygens (including phenoxy) is 1. The van der Waals surface area contributed by atoms with E-state index in [1.165, 1.54) is 0 Å².